The molecule has 2 rings (SSSR count). The fourth-order valence-corrected chi connectivity index (χ4v) is 3.14. The van der Waals surface area contributed by atoms with Gasteiger partial charge < -0.3 is 14.8 Å². The molecule has 1 aliphatic carbocycles. The van der Waals surface area contributed by atoms with Gasteiger partial charge in [-0.3, -0.25) is 0 Å². The van der Waals surface area contributed by atoms with Crippen molar-refractivity contribution in [1.29, 1.82) is 0 Å². The highest BCUT2D eigenvalue weighted by Crippen LogP contribution is 2.31. The third-order valence-corrected chi connectivity index (χ3v) is 4.23. The molecule has 2 aliphatic rings. The fourth-order valence-electron chi connectivity index (χ4n) is 3.14. The van der Waals surface area contributed by atoms with E-state index in [1.807, 2.05) is 0 Å². The van der Waals surface area contributed by atoms with Crippen molar-refractivity contribution in [3.8, 4) is 0 Å². The quantitative estimate of drug-likeness (QED) is 0.759. The van der Waals surface area contributed by atoms with Gasteiger partial charge >= 0.3 is 0 Å². The summed E-state index contributed by atoms with van der Waals surface area (Å²) >= 11 is 0. The molecule has 0 aromatic rings. The summed E-state index contributed by atoms with van der Waals surface area (Å²) in [5, 5.41) is 3.67. The molecule has 3 heteroatoms. The molecule has 18 heavy (non-hydrogen) atoms. The predicted octanol–water partition coefficient (Wildman–Crippen LogP) is 2.74. The zero-order valence-corrected chi connectivity index (χ0v) is 12.0. The lowest BCUT2D eigenvalue weighted by atomic mass is 9.81. The van der Waals surface area contributed by atoms with Gasteiger partial charge in [-0.05, 0) is 38.1 Å². The van der Waals surface area contributed by atoms with Crippen molar-refractivity contribution in [3.63, 3.8) is 0 Å². The van der Waals surface area contributed by atoms with Gasteiger partial charge in [0, 0.05) is 6.04 Å². The second-order valence-electron chi connectivity index (χ2n) is 5.86. The largest absolute Gasteiger partial charge is 0.376 e. The van der Waals surface area contributed by atoms with Crippen molar-refractivity contribution in [2.24, 2.45) is 5.92 Å². The van der Waals surface area contributed by atoms with Crippen LogP contribution in [0.4, 0.5) is 0 Å². The first-order valence-corrected chi connectivity index (χ1v) is 7.80. The SMILES string of the molecule is CCCNC1CCC(CCC)CC1OC1COC1. The van der Waals surface area contributed by atoms with E-state index in [0.717, 1.165) is 25.7 Å². The molecular formula is C15H29NO2. The monoisotopic (exact) mass is 255 g/mol. The first kappa shape index (κ1) is 14.3. The van der Waals surface area contributed by atoms with Crippen LogP contribution >= 0.6 is 0 Å². The molecule has 3 nitrogen and oxygen atoms in total. The highest BCUT2D eigenvalue weighted by molar-refractivity contribution is 4.87. The number of ether oxygens (including phenoxy) is 2. The molecule has 2 fully saturated rings. The minimum absolute atomic E-state index is 0.362. The Bertz CT molecular complexity index is 231. The van der Waals surface area contributed by atoms with Crippen LogP contribution in [-0.4, -0.2) is 38.0 Å². The van der Waals surface area contributed by atoms with Crippen molar-refractivity contribution >= 4 is 0 Å². The van der Waals surface area contributed by atoms with Crippen molar-refractivity contribution < 1.29 is 9.47 Å². The van der Waals surface area contributed by atoms with E-state index in [1.54, 1.807) is 0 Å². The lowest BCUT2D eigenvalue weighted by Crippen LogP contribution is -2.50. The van der Waals surface area contributed by atoms with E-state index >= 15 is 0 Å². The van der Waals surface area contributed by atoms with Gasteiger partial charge in [0.1, 0.15) is 6.10 Å². The summed E-state index contributed by atoms with van der Waals surface area (Å²) in [5.74, 6) is 0.876. The fraction of sp³-hybridized carbons (Fsp3) is 1.00. The van der Waals surface area contributed by atoms with E-state index < -0.39 is 0 Å². The Kier molecular flexibility index (Phi) is 5.93. The maximum absolute atomic E-state index is 6.23. The van der Waals surface area contributed by atoms with Gasteiger partial charge in [0.05, 0.1) is 19.3 Å². The summed E-state index contributed by atoms with van der Waals surface area (Å²) in [7, 11) is 0. The summed E-state index contributed by atoms with van der Waals surface area (Å²) < 4.78 is 11.4. The minimum atomic E-state index is 0.362. The summed E-state index contributed by atoms with van der Waals surface area (Å²) in [4.78, 5) is 0. The lowest BCUT2D eigenvalue weighted by Gasteiger charge is -2.40. The Hall–Kier alpha value is -0.120. The summed E-state index contributed by atoms with van der Waals surface area (Å²) in [6, 6.07) is 0.568. The van der Waals surface area contributed by atoms with Crippen LogP contribution in [0.2, 0.25) is 0 Å². The molecule has 3 atom stereocenters. The molecule has 1 heterocycles. The molecule has 3 unspecified atom stereocenters. The van der Waals surface area contributed by atoms with Gasteiger partial charge in [-0.2, -0.15) is 0 Å². The average molecular weight is 255 g/mol. The molecule has 106 valence electrons. The number of hydrogen-bond donors (Lipinski definition) is 1. The number of rotatable bonds is 7. The molecule has 0 spiro atoms. The second kappa shape index (κ2) is 7.46. The standard InChI is InChI=1S/C15H29NO2/c1-3-5-12-6-7-14(16-8-4-2)15(9-12)18-13-10-17-11-13/h12-16H,3-11H2,1-2H3. The van der Waals surface area contributed by atoms with Crippen molar-refractivity contribution in [2.75, 3.05) is 19.8 Å². The van der Waals surface area contributed by atoms with E-state index in [-0.39, 0.29) is 0 Å². The third-order valence-electron chi connectivity index (χ3n) is 4.23. The first-order valence-electron chi connectivity index (χ1n) is 7.80. The van der Waals surface area contributed by atoms with E-state index in [0.29, 0.717) is 18.2 Å². The van der Waals surface area contributed by atoms with Gasteiger partial charge in [0.25, 0.3) is 0 Å². The zero-order chi connectivity index (χ0) is 12.8. The van der Waals surface area contributed by atoms with Crippen LogP contribution in [0.3, 0.4) is 0 Å². The Morgan fingerprint density at radius 1 is 1.17 bits per heavy atom. The van der Waals surface area contributed by atoms with Crippen molar-refractivity contribution in [1.82, 2.24) is 5.32 Å². The lowest BCUT2D eigenvalue weighted by molar-refractivity contribution is -0.169. The van der Waals surface area contributed by atoms with Gasteiger partial charge in [-0.25, -0.2) is 0 Å². The Morgan fingerprint density at radius 2 is 2.00 bits per heavy atom. The Labute approximate surface area is 112 Å². The molecule has 0 aromatic heterocycles. The maximum atomic E-state index is 6.23. The summed E-state index contributed by atoms with van der Waals surface area (Å²) in [6.45, 7) is 7.23. The van der Waals surface area contributed by atoms with Gasteiger partial charge in [-0.15, -0.1) is 0 Å². The number of nitrogens with one attached hydrogen (secondary N) is 1. The minimum Gasteiger partial charge on any atom is -0.376 e. The summed E-state index contributed by atoms with van der Waals surface area (Å²) in [5.41, 5.74) is 0. The van der Waals surface area contributed by atoms with Crippen LogP contribution in [0.1, 0.15) is 52.4 Å². The molecule has 1 aliphatic heterocycles. The normalized spacial score (nSPS) is 33.3. The highest BCUT2D eigenvalue weighted by atomic mass is 16.6. The molecule has 0 bridgehead atoms. The van der Waals surface area contributed by atoms with Crippen LogP contribution in [0.15, 0.2) is 0 Å². The van der Waals surface area contributed by atoms with Crippen LogP contribution in [0, 0.1) is 5.92 Å². The van der Waals surface area contributed by atoms with E-state index in [2.05, 4.69) is 19.2 Å². The van der Waals surface area contributed by atoms with Crippen LogP contribution in [0.25, 0.3) is 0 Å². The van der Waals surface area contributed by atoms with Crippen LogP contribution < -0.4 is 5.32 Å². The summed E-state index contributed by atoms with van der Waals surface area (Å²) in [6.07, 6.45) is 8.54. The first-order chi connectivity index (χ1) is 8.83. The maximum Gasteiger partial charge on any atom is 0.105 e. The molecular weight excluding hydrogens is 226 g/mol. The smallest absolute Gasteiger partial charge is 0.105 e. The third kappa shape index (κ3) is 3.94. The number of hydrogen-bond acceptors (Lipinski definition) is 3. The highest BCUT2D eigenvalue weighted by Gasteiger charge is 2.33. The molecule has 0 aromatic carbocycles. The Morgan fingerprint density at radius 3 is 2.61 bits per heavy atom. The van der Waals surface area contributed by atoms with E-state index in [1.165, 1.54) is 38.5 Å². The van der Waals surface area contributed by atoms with Gasteiger partial charge in [-0.1, -0.05) is 26.7 Å². The van der Waals surface area contributed by atoms with Crippen molar-refractivity contribution in [3.05, 3.63) is 0 Å². The molecule has 1 saturated carbocycles. The van der Waals surface area contributed by atoms with E-state index in [9.17, 15) is 0 Å². The van der Waals surface area contributed by atoms with E-state index in [4.69, 9.17) is 9.47 Å². The van der Waals surface area contributed by atoms with Crippen LogP contribution in [0.5, 0.6) is 0 Å². The van der Waals surface area contributed by atoms with Crippen LogP contribution in [-0.2, 0) is 9.47 Å². The molecule has 0 radical (unpaired) electrons. The predicted molar refractivity (Wildman–Crippen MR) is 73.8 cm³/mol. The Balaban J connectivity index is 1.82. The second-order valence-corrected chi connectivity index (χ2v) is 5.86. The van der Waals surface area contributed by atoms with Gasteiger partial charge in [0.2, 0.25) is 0 Å². The molecule has 0 amide bonds. The topological polar surface area (TPSA) is 30.5 Å². The van der Waals surface area contributed by atoms with Crippen molar-refractivity contribution in [2.45, 2.75) is 70.6 Å². The molecule has 1 N–H and O–H groups in total. The molecule has 1 saturated heterocycles. The zero-order valence-electron chi connectivity index (χ0n) is 12.0. The average Bonchev–Trinajstić information content (AvgIpc) is 2.33. The van der Waals surface area contributed by atoms with Gasteiger partial charge in [0.15, 0.2) is 0 Å².